The summed E-state index contributed by atoms with van der Waals surface area (Å²) in [6, 6.07) is 54.6. The van der Waals surface area contributed by atoms with Crippen molar-refractivity contribution in [1.82, 2.24) is 0 Å². The third-order valence-corrected chi connectivity index (χ3v) is 11.6. The fraction of sp³-hybridized carbons (Fsp3) is 0.115. The second-order valence-corrected chi connectivity index (χ2v) is 15.2. The molecule has 8 aromatic carbocycles. The van der Waals surface area contributed by atoms with E-state index < -0.39 is 0 Å². The van der Waals surface area contributed by atoms with E-state index in [9.17, 15) is 10.2 Å². The van der Waals surface area contributed by atoms with Crippen molar-refractivity contribution in [2.75, 3.05) is 0 Å². The van der Waals surface area contributed by atoms with Gasteiger partial charge in [0, 0.05) is 32.7 Å². The van der Waals surface area contributed by atoms with Crippen LogP contribution in [0.5, 0.6) is 11.5 Å². The van der Waals surface area contributed by atoms with E-state index in [1.165, 1.54) is 44.5 Å². The Morgan fingerprint density at radius 2 is 0.673 bits per heavy atom. The number of phenols is 2. The molecule has 0 aliphatic heterocycles. The first kappa shape index (κ1) is 39.3. The summed E-state index contributed by atoms with van der Waals surface area (Å²) < 4.78 is 0. The minimum atomic E-state index is -0.0333. The molecule has 2 N–H and O–H groups in total. The van der Waals surface area contributed by atoms with Gasteiger partial charge in [-0.15, -0.1) is 0 Å². The predicted octanol–water partition coefficient (Wildman–Crippen LogP) is 13.9. The standard InChI is InChI=1S/2C25H20O.2CH3.Ti/c2*1-25(2)22-10-6-5-9-20(22)21-14-12-17(15-23(21)25)19-13-11-16-7-3-4-8-18(16)24(19)26;;;/h2*3-15,26H,1-2H3;2*1H3;/q;;2*-1;+2. The third-order valence-electron chi connectivity index (χ3n) is 11.6. The molecule has 2 nitrogen and oxygen atoms in total. The number of rotatable bonds is 2. The van der Waals surface area contributed by atoms with Gasteiger partial charge in [0.1, 0.15) is 11.5 Å². The predicted molar refractivity (Wildman–Crippen MR) is 230 cm³/mol. The van der Waals surface area contributed by atoms with Crippen molar-refractivity contribution in [3.63, 3.8) is 0 Å². The van der Waals surface area contributed by atoms with Crippen molar-refractivity contribution in [1.29, 1.82) is 0 Å². The number of phenolic OH excluding ortho intramolecular Hbond substituents is 2. The van der Waals surface area contributed by atoms with Crippen LogP contribution >= 0.6 is 0 Å². The number of fused-ring (bicyclic) bond motifs is 8. The molecule has 0 fully saturated rings. The van der Waals surface area contributed by atoms with Crippen molar-refractivity contribution in [3.05, 3.63) is 195 Å². The number of aromatic hydroxyl groups is 2. The molecule has 55 heavy (non-hydrogen) atoms. The Balaban J connectivity index is 0.000000177. The Hall–Kier alpha value is -5.41. The summed E-state index contributed by atoms with van der Waals surface area (Å²) in [4.78, 5) is 0. The topological polar surface area (TPSA) is 40.5 Å². The van der Waals surface area contributed by atoms with E-state index in [4.69, 9.17) is 0 Å². The molecule has 0 saturated carbocycles. The Kier molecular flexibility index (Phi) is 10.5. The van der Waals surface area contributed by atoms with Crippen LogP contribution in [0, 0.1) is 14.9 Å². The molecule has 0 heterocycles. The Labute approximate surface area is 341 Å². The Bertz CT molecular complexity index is 2530. The molecule has 0 saturated heterocycles. The molecule has 0 amide bonds. The van der Waals surface area contributed by atoms with Gasteiger partial charge >= 0.3 is 21.7 Å². The van der Waals surface area contributed by atoms with E-state index in [1.54, 1.807) is 0 Å². The van der Waals surface area contributed by atoms with Gasteiger partial charge in [0.15, 0.2) is 0 Å². The molecule has 2 aliphatic rings. The smallest absolute Gasteiger partial charge is 0.507 e. The second kappa shape index (κ2) is 14.7. The van der Waals surface area contributed by atoms with Crippen LogP contribution in [0.1, 0.15) is 49.9 Å². The van der Waals surface area contributed by atoms with Crippen molar-refractivity contribution in [3.8, 4) is 56.0 Å². The van der Waals surface area contributed by atoms with Crippen molar-refractivity contribution in [2.24, 2.45) is 0 Å². The maximum absolute atomic E-state index is 10.9. The van der Waals surface area contributed by atoms with E-state index in [-0.39, 0.29) is 47.4 Å². The van der Waals surface area contributed by atoms with Crippen LogP contribution in [0.25, 0.3) is 66.1 Å². The van der Waals surface area contributed by atoms with Crippen molar-refractivity contribution >= 4 is 21.5 Å². The van der Waals surface area contributed by atoms with Crippen LogP contribution in [0.4, 0.5) is 0 Å². The molecule has 0 spiro atoms. The zero-order valence-electron chi connectivity index (χ0n) is 32.4. The van der Waals surface area contributed by atoms with E-state index in [1.807, 2.05) is 60.7 Å². The van der Waals surface area contributed by atoms with Crippen LogP contribution in [0.2, 0.25) is 0 Å². The summed E-state index contributed by atoms with van der Waals surface area (Å²) in [5, 5.41) is 25.6. The van der Waals surface area contributed by atoms with Crippen molar-refractivity contribution < 1.29 is 31.9 Å². The zero-order chi connectivity index (χ0) is 35.8. The molecule has 2 aliphatic carbocycles. The van der Waals surface area contributed by atoms with Crippen molar-refractivity contribution in [2.45, 2.75) is 38.5 Å². The SMILES string of the molecule is CC1(C)c2ccccc2-c2ccc(-c3ccc4ccccc4c3O)cc21.CC1(C)c2ccccc2-c2ccc(-c3ccc4ccccc4c3O)cc21.[CH3-].[CH3-].[Ti+2]. The summed E-state index contributed by atoms with van der Waals surface area (Å²) in [6.07, 6.45) is 0. The van der Waals surface area contributed by atoms with Gasteiger partial charge in [-0.05, 0) is 78.5 Å². The molecular formula is C52H46O2Ti. The molecule has 8 aromatic rings. The fourth-order valence-electron chi connectivity index (χ4n) is 8.72. The maximum atomic E-state index is 10.9. The van der Waals surface area contributed by atoms with Crippen LogP contribution in [0.15, 0.2) is 158 Å². The first-order valence-electron chi connectivity index (χ1n) is 18.1. The summed E-state index contributed by atoms with van der Waals surface area (Å²) in [7, 11) is 0. The largest absolute Gasteiger partial charge is 2.00 e. The first-order valence-corrected chi connectivity index (χ1v) is 18.1. The number of hydrogen-bond acceptors (Lipinski definition) is 2. The zero-order valence-corrected chi connectivity index (χ0v) is 34.0. The molecule has 0 aromatic heterocycles. The minimum Gasteiger partial charge on any atom is -0.507 e. The van der Waals surface area contributed by atoms with E-state index >= 15 is 0 Å². The summed E-state index contributed by atoms with van der Waals surface area (Å²) in [5.74, 6) is 0.715. The second-order valence-electron chi connectivity index (χ2n) is 15.2. The minimum absolute atomic E-state index is 0. The van der Waals surface area contributed by atoms with Gasteiger partial charge in [-0.2, -0.15) is 0 Å². The van der Waals surface area contributed by atoms with Gasteiger partial charge in [-0.1, -0.05) is 173 Å². The first-order chi connectivity index (χ1) is 25.1. The van der Waals surface area contributed by atoms with Gasteiger partial charge in [0.05, 0.1) is 0 Å². The van der Waals surface area contributed by atoms with Crippen LogP contribution in [-0.4, -0.2) is 10.2 Å². The van der Waals surface area contributed by atoms with Crippen LogP contribution < -0.4 is 0 Å². The van der Waals surface area contributed by atoms with Crippen LogP contribution in [-0.2, 0) is 32.5 Å². The number of hydrogen-bond donors (Lipinski definition) is 2. The van der Waals surface area contributed by atoms with E-state index in [2.05, 4.69) is 125 Å². The van der Waals surface area contributed by atoms with E-state index in [0.717, 1.165) is 43.8 Å². The fourth-order valence-corrected chi connectivity index (χ4v) is 8.72. The van der Waals surface area contributed by atoms with Gasteiger partial charge < -0.3 is 25.1 Å². The number of benzene rings is 8. The normalized spacial score (nSPS) is 13.5. The van der Waals surface area contributed by atoms with Gasteiger partial charge in [-0.3, -0.25) is 0 Å². The Morgan fingerprint density at radius 3 is 1.09 bits per heavy atom. The summed E-state index contributed by atoms with van der Waals surface area (Å²) in [5.41, 5.74) is 14.5. The maximum Gasteiger partial charge on any atom is 2.00 e. The molecule has 0 atom stereocenters. The Morgan fingerprint density at radius 1 is 0.345 bits per heavy atom. The molecule has 3 heteroatoms. The van der Waals surface area contributed by atoms with Gasteiger partial charge in [0.2, 0.25) is 0 Å². The molecule has 0 radical (unpaired) electrons. The molecule has 270 valence electrons. The van der Waals surface area contributed by atoms with E-state index in [0.29, 0.717) is 11.5 Å². The van der Waals surface area contributed by atoms with Gasteiger partial charge in [-0.25, -0.2) is 0 Å². The summed E-state index contributed by atoms with van der Waals surface area (Å²) >= 11 is 0. The average Bonchev–Trinajstić information content (AvgIpc) is 3.54. The molecule has 0 unspecified atom stereocenters. The quantitative estimate of drug-likeness (QED) is 0.136. The third kappa shape index (κ3) is 6.19. The van der Waals surface area contributed by atoms with Crippen LogP contribution in [0.3, 0.4) is 0 Å². The summed E-state index contributed by atoms with van der Waals surface area (Å²) in [6.45, 7) is 9.12. The van der Waals surface area contributed by atoms with Gasteiger partial charge in [0.25, 0.3) is 0 Å². The molecular weight excluding hydrogens is 704 g/mol. The molecule has 10 rings (SSSR count). The average molecular weight is 751 g/mol. The monoisotopic (exact) mass is 750 g/mol. The molecule has 0 bridgehead atoms.